The minimum Gasteiger partial charge on any atom is -0.497 e. The monoisotopic (exact) mass is 496 g/mol. The number of hydrogen-bond donors (Lipinski definition) is 1. The molecule has 6 nitrogen and oxygen atoms in total. The minimum atomic E-state index is -4.43. The van der Waals surface area contributed by atoms with Gasteiger partial charge in [0.15, 0.2) is 0 Å². The molecule has 0 radical (unpaired) electrons. The molecule has 1 fully saturated rings. The number of piperazine rings is 1. The fourth-order valence-corrected chi connectivity index (χ4v) is 5.16. The molecular formula is C27H27F3N4O2. The highest BCUT2D eigenvalue weighted by atomic mass is 19.4. The molecule has 2 unspecified atom stereocenters. The number of halogens is 3. The van der Waals surface area contributed by atoms with Crippen molar-refractivity contribution in [1.29, 1.82) is 0 Å². The molecule has 0 spiro atoms. The van der Waals surface area contributed by atoms with Crippen LogP contribution in [0.15, 0.2) is 67.0 Å². The van der Waals surface area contributed by atoms with E-state index in [2.05, 4.69) is 20.1 Å². The van der Waals surface area contributed by atoms with E-state index in [1.165, 1.54) is 6.07 Å². The molecular weight excluding hydrogens is 469 g/mol. The summed E-state index contributed by atoms with van der Waals surface area (Å²) in [5.41, 5.74) is 2.54. The predicted molar refractivity (Wildman–Crippen MR) is 131 cm³/mol. The maximum absolute atomic E-state index is 13.4. The van der Waals surface area contributed by atoms with Crippen molar-refractivity contribution in [2.24, 2.45) is 5.92 Å². The SMILES string of the molecule is COc1cccc(N2CCN3c4ccc(C(F)(F)F)cc4CC(C(=O)NCc4ccncc4)C3C2)c1. The van der Waals surface area contributed by atoms with E-state index in [0.717, 1.165) is 28.8 Å². The van der Waals surface area contributed by atoms with Gasteiger partial charge in [-0.2, -0.15) is 13.2 Å². The van der Waals surface area contributed by atoms with Gasteiger partial charge < -0.3 is 19.9 Å². The average Bonchev–Trinajstić information content (AvgIpc) is 2.90. The van der Waals surface area contributed by atoms with Crippen molar-refractivity contribution in [2.75, 3.05) is 36.5 Å². The minimum absolute atomic E-state index is 0.169. The Labute approximate surface area is 207 Å². The number of benzene rings is 2. The van der Waals surface area contributed by atoms with Gasteiger partial charge in [-0.3, -0.25) is 9.78 Å². The molecule has 5 rings (SSSR count). The second-order valence-corrected chi connectivity index (χ2v) is 9.13. The molecule has 3 aromatic rings. The maximum atomic E-state index is 13.4. The van der Waals surface area contributed by atoms with E-state index < -0.39 is 17.7 Å². The van der Waals surface area contributed by atoms with Crippen molar-refractivity contribution < 1.29 is 22.7 Å². The summed E-state index contributed by atoms with van der Waals surface area (Å²) in [4.78, 5) is 21.8. The Morgan fingerprint density at radius 1 is 1.11 bits per heavy atom. The van der Waals surface area contributed by atoms with Crippen LogP contribution in [0.4, 0.5) is 24.5 Å². The van der Waals surface area contributed by atoms with Crippen molar-refractivity contribution >= 4 is 17.3 Å². The predicted octanol–water partition coefficient (Wildman–Crippen LogP) is 4.29. The third-order valence-corrected chi connectivity index (χ3v) is 7.01. The molecule has 2 aromatic carbocycles. The number of carbonyl (C=O) groups is 1. The van der Waals surface area contributed by atoms with Gasteiger partial charge in [0.1, 0.15) is 5.75 Å². The summed E-state index contributed by atoms with van der Waals surface area (Å²) in [5, 5.41) is 3.00. The Morgan fingerprint density at radius 3 is 2.67 bits per heavy atom. The first-order valence-electron chi connectivity index (χ1n) is 11.9. The van der Waals surface area contributed by atoms with Gasteiger partial charge in [0.2, 0.25) is 5.91 Å². The second kappa shape index (κ2) is 9.72. The van der Waals surface area contributed by atoms with Crippen molar-refractivity contribution in [1.82, 2.24) is 10.3 Å². The number of fused-ring (bicyclic) bond motifs is 3. The van der Waals surface area contributed by atoms with E-state index in [1.807, 2.05) is 36.4 Å². The van der Waals surface area contributed by atoms with Gasteiger partial charge in [-0.1, -0.05) is 6.07 Å². The lowest BCUT2D eigenvalue weighted by atomic mass is 9.82. The molecule has 2 aliphatic rings. The standard InChI is InChI=1S/C27H27F3N4O2/c1-36-22-4-2-3-21(15-22)33-11-12-34-24-6-5-20(27(28,29)30)13-19(24)14-23(25(34)17-33)26(35)32-16-18-7-9-31-10-8-18/h2-10,13,15,23,25H,11-12,14,16-17H2,1H3,(H,32,35). The number of amides is 1. The molecule has 1 aromatic heterocycles. The third kappa shape index (κ3) is 4.82. The molecule has 1 amide bonds. The first kappa shape index (κ1) is 24.0. The fourth-order valence-electron chi connectivity index (χ4n) is 5.16. The van der Waals surface area contributed by atoms with Crippen LogP contribution in [0.1, 0.15) is 16.7 Å². The van der Waals surface area contributed by atoms with Crippen LogP contribution in [-0.4, -0.2) is 43.7 Å². The van der Waals surface area contributed by atoms with E-state index in [4.69, 9.17) is 4.74 Å². The van der Waals surface area contributed by atoms with Crippen molar-refractivity contribution in [3.8, 4) is 5.75 Å². The first-order chi connectivity index (χ1) is 17.3. The zero-order chi connectivity index (χ0) is 25.3. The molecule has 36 heavy (non-hydrogen) atoms. The van der Waals surface area contributed by atoms with Gasteiger partial charge in [-0.05, 0) is 60.0 Å². The summed E-state index contributed by atoms with van der Waals surface area (Å²) in [6, 6.07) is 15.1. The molecule has 2 aliphatic heterocycles. The highest BCUT2D eigenvalue weighted by molar-refractivity contribution is 5.82. The Bertz CT molecular complexity index is 1240. The fraction of sp³-hybridized carbons (Fsp3) is 0.333. The van der Waals surface area contributed by atoms with Crippen molar-refractivity contribution in [3.63, 3.8) is 0 Å². The van der Waals surface area contributed by atoms with Gasteiger partial charge in [-0.25, -0.2) is 0 Å². The number of aromatic nitrogens is 1. The summed E-state index contributed by atoms with van der Waals surface area (Å²) < 4.78 is 45.7. The lowest BCUT2D eigenvalue weighted by Gasteiger charge is -2.49. The number of pyridine rings is 1. The highest BCUT2D eigenvalue weighted by Gasteiger charge is 2.42. The van der Waals surface area contributed by atoms with Gasteiger partial charge in [0.25, 0.3) is 0 Å². The average molecular weight is 497 g/mol. The van der Waals surface area contributed by atoms with Crippen molar-refractivity contribution in [2.45, 2.75) is 25.2 Å². The molecule has 0 aliphatic carbocycles. The van der Waals surface area contributed by atoms with E-state index >= 15 is 0 Å². The van der Waals surface area contributed by atoms with Gasteiger partial charge in [0.05, 0.1) is 24.6 Å². The Morgan fingerprint density at radius 2 is 1.92 bits per heavy atom. The number of rotatable bonds is 5. The van der Waals surface area contributed by atoms with E-state index in [1.54, 1.807) is 25.6 Å². The van der Waals surface area contributed by atoms with Crippen LogP contribution in [0, 0.1) is 5.92 Å². The van der Waals surface area contributed by atoms with Gasteiger partial charge in [-0.15, -0.1) is 0 Å². The molecule has 188 valence electrons. The van der Waals surface area contributed by atoms with Crippen LogP contribution in [0.5, 0.6) is 5.75 Å². The van der Waals surface area contributed by atoms with Crippen LogP contribution in [0.2, 0.25) is 0 Å². The third-order valence-electron chi connectivity index (χ3n) is 7.01. The number of carbonyl (C=O) groups excluding carboxylic acids is 1. The van der Waals surface area contributed by atoms with Gasteiger partial charge >= 0.3 is 6.18 Å². The lowest BCUT2D eigenvalue weighted by molar-refractivity contribution is -0.137. The number of alkyl halides is 3. The normalized spacial score (nSPS) is 19.3. The number of methoxy groups -OCH3 is 1. The Hall–Kier alpha value is -3.75. The molecule has 3 heterocycles. The first-order valence-corrected chi connectivity index (χ1v) is 11.9. The van der Waals surface area contributed by atoms with Crippen molar-refractivity contribution in [3.05, 3.63) is 83.7 Å². The smallest absolute Gasteiger partial charge is 0.416 e. The molecule has 0 bridgehead atoms. The summed E-state index contributed by atoms with van der Waals surface area (Å²) in [7, 11) is 1.62. The highest BCUT2D eigenvalue weighted by Crippen LogP contribution is 2.40. The quantitative estimate of drug-likeness (QED) is 0.571. The number of nitrogens with one attached hydrogen (secondary N) is 1. The Kier molecular flexibility index (Phi) is 6.47. The zero-order valence-electron chi connectivity index (χ0n) is 19.8. The zero-order valence-corrected chi connectivity index (χ0v) is 19.8. The maximum Gasteiger partial charge on any atom is 0.416 e. The molecule has 0 saturated carbocycles. The summed E-state index contributed by atoms with van der Waals surface area (Å²) in [6.07, 6.45) is -0.873. The summed E-state index contributed by atoms with van der Waals surface area (Å²) in [5.74, 6) is 0.0730. The van der Waals surface area contributed by atoms with Crippen LogP contribution < -0.4 is 19.9 Å². The van der Waals surface area contributed by atoms with Crippen LogP contribution >= 0.6 is 0 Å². The number of nitrogens with zero attached hydrogens (tertiary/aromatic N) is 3. The number of anilines is 2. The van der Waals surface area contributed by atoms with Gasteiger partial charge in [0, 0.05) is 56.0 Å². The Balaban J connectivity index is 1.44. The van der Waals surface area contributed by atoms with Crippen LogP contribution in [0.3, 0.4) is 0 Å². The van der Waals surface area contributed by atoms with E-state index in [9.17, 15) is 18.0 Å². The largest absolute Gasteiger partial charge is 0.497 e. The number of hydrogen-bond acceptors (Lipinski definition) is 5. The molecule has 1 saturated heterocycles. The summed E-state index contributed by atoms with van der Waals surface area (Å²) >= 11 is 0. The topological polar surface area (TPSA) is 57.7 Å². The van der Waals surface area contributed by atoms with E-state index in [0.29, 0.717) is 31.7 Å². The number of ether oxygens (including phenoxy) is 1. The molecule has 9 heteroatoms. The van der Waals surface area contributed by atoms with E-state index in [-0.39, 0.29) is 18.4 Å². The molecule has 2 atom stereocenters. The molecule has 1 N–H and O–H groups in total. The summed E-state index contributed by atoms with van der Waals surface area (Å²) in [6.45, 7) is 2.17. The van der Waals surface area contributed by atoms with Crippen LogP contribution in [0.25, 0.3) is 0 Å². The second-order valence-electron chi connectivity index (χ2n) is 9.13. The lowest BCUT2D eigenvalue weighted by Crippen LogP contribution is -2.61. The van der Waals surface area contributed by atoms with Crippen LogP contribution in [-0.2, 0) is 23.9 Å².